The second-order valence-electron chi connectivity index (χ2n) is 5.90. The largest absolute Gasteiger partial charge is 0.370 e. The average Bonchev–Trinajstić information content (AvgIpc) is 2.67. The third-order valence-corrected chi connectivity index (χ3v) is 4.10. The lowest BCUT2D eigenvalue weighted by molar-refractivity contribution is 0.208. The molecule has 1 aromatic rings. The van der Waals surface area contributed by atoms with Crippen LogP contribution in [0.15, 0.2) is 6.07 Å². The van der Waals surface area contributed by atoms with E-state index in [9.17, 15) is 0 Å². The fourth-order valence-electron chi connectivity index (χ4n) is 3.02. The molecule has 112 valence electrons. The van der Waals surface area contributed by atoms with Gasteiger partial charge in [0.2, 0.25) is 0 Å². The third kappa shape index (κ3) is 4.44. The van der Waals surface area contributed by atoms with Gasteiger partial charge in [-0.05, 0) is 33.7 Å². The molecular weight excluding hydrogens is 248 g/mol. The maximum Gasteiger partial charge on any atom is 0.144 e. The van der Waals surface area contributed by atoms with Crippen LogP contribution in [0.5, 0.6) is 0 Å². The Morgan fingerprint density at radius 3 is 2.55 bits per heavy atom. The fourth-order valence-corrected chi connectivity index (χ4v) is 3.02. The molecule has 0 radical (unpaired) electrons. The maximum atomic E-state index is 4.62. The average molecular weight is 276 g/mol. The van der Waals surface area contributed by atoms with Crippen LogP contribution in [0.1, 0.15) is 57.0 Å². The summed E-state index contributed by atoms with van der Waals surface area (Å²) < 4.78 is 0. The van der Waals surface area contributed by atoms with Crippen molar-refractivity contribution in [1.82, 2.24) is 14.9 Å². The van der Waals surface area contributed by atoms with Crippen LogP contribution in [-0.2, 0) is 6.54 Å². The van der Waals surface area contributed by atoms with Crippen LogP contribution in [0.4, 0.5) is 5.82 Å². The van der Waals surface area contributed by atoms with Gasteiger partial charge < -0.3 is 5.32 Å². The zero-order chi connectivity index (χ0) is 14.4. The fraction of sp³-hybridized carbons (Fsp3) is 0.750. The van der Waals surface area contributed by atoms with Gasteiger partial charge in [0.25, 0.3) is 0 Å². The molecule has 2 rings (SSSR count). The summed E-state index contributed by atoms with van der Waals surface area (Å²) >= 11 is 0. The Hall–Kier alpha value is -1.16. The first-order chi connectivity index (χ1) is 9.69. The normalized spacial score (nSPS) is 17.2. The van der Waals surface area contributed by atoms with Gasteiger partial charge in [-0.15, -0.1) is 0 Å². The van der Waals surface area contributed by atoms with Gasteiger partial charge in [-0.2, -0.15) is 0 Å². The molecule has 0 spiro atoms. The number of rotatable bonds is 5. The van der Waals surface area contributed by atoms with Crippen molar-refractivity contribution in [2.75, 3.05) is 18.9 Å². The van der Waals surface area contributed by atoms with Crippen LogP contribution >= 0.6 is 0 Å². The summed E-state index contributed by atoms with van der Waals surface area (Å²) in [6.45, 7) is 5.88. The summed E-state index contributed by atoms with van der Waals surface area (Å²) in [6.07, 6.45) is 8.18. The predicted molar refractivity (Wildman–Crippen MR) is 83.9 cm³/mol. The molecule has 1 fully saturated rings. The smallest absolute Gasteiger partial charge is 0.144 e. The third-order valence-electron chi connectivity index (χ3n) is 4.10. The van der Waals surface area contributed by atoms with Crippen molar-refractivity contribution in [2.45, 2.75) is 65.0 Å². The molecule has 4 heteroatoms. The maximum absolute atomic E-state index is 4.62. The summed E-state index contributed by atoms with van der Waals surface area (Å²) in [5.74, 6) is 1.89. The highest BCUT2D eigenvalue weighted by molar-refractivity contribution is 5.35. The van der Waals surface area contributed by atoms with Gasteiger partial charge in [0.15, 0.2) is 0 Å². The first-order valence-electron chi connectivity index (χ1n) is 7.97. The molecule has 0 unspecified atom stereocenters. The minimum atomic E-state index is 0.698. The minimum Gasteiger partial charge on any atom is -0.370 e. The van der Waals surface area contributed by atoms with Crippen molar-refractivity contribution < 1.29 is 0 Å². The van der Waals surface area contributed by atoms with Crippen molar-refractivity contribution in [2.24, 2.45) is 0 Å². The molecule has 0 saturated heterocycles. The van der Waals surface area contributed by atoms with E-state index < -0.39 is 0 Å². The quantitative estimate of drug-likeness (QED) is 0.837. The molecule has 1 aliphatic rings. The van der Waals surface area contributed by atoms with E-state index in [-0.39, 0.29) is 0 Å². The van der Waals surface area contributed by atoms with Crippen LogP contribution in [0.3, 0.4) is 0 Å². The highest BCUT2D eigenvalue weighted by Gasteiger charge is 2.18. The molecule has 0 amide bonds. The van der Waals surface area contributed by atoms with Crippen LogP contribution in [-0.4, -0.2) is 34.5 Å². The van der Waals surface area contributed by atoms with Gasteiger partial charge in [0, 0.05) is 24.3 Å². The number of hydrogen-bond donors (Lipinski definition) is 1. The van der Waals surface area contributed by atoms with Gasteiger partial charge in [-0.3, -0.25) is 4.90 Å². The highest BCUT2D eigenvalue weighted by atomic mass is 15.2. The second-order valence-corrected chi connectivity index (χ2v) is 5.90. The number of hydrogen-bond acceptors (Lipinski definition) is 4. The lowest BCUT2D eigenvalue weighted by atomic mass is 10.1. The van der Waals surface area contributed by atoms with Crippen molar-refractivity contribution in [3.8, 4) is 0 Å². The molecule has 1 heterocycles. The zero-order valence-corrected chi connectivity index (χ0v) is 13.2. The second kappa shape index (κ2) is 7.58. The molecule has 1 aliphatic carbocycles. The highest BCUT2D eigenvalue weighted by Crippen LogP contribution is 2.22. The molecule has 1 N–H and O–H groups in total. The molecule has 1 saturated carbocycles. The van der Waals surface area contributed by atoms with Gasteiger partial charge in [0.1, 0.15) is 11.6 Å². The van der Waals surface area contributed by atoms with E-state index in [0.29, 0.717) is 6.04 Å². The van der Waals surface area contributed by atoms with Gasteiger partial charge in [-0.1, -0.05) is 25.7 Å². The Balaban J connectivity index is 2.00. The Bertz CT molecular complexity index is 411. The van der Waals surface area contributed by atoms with Crippen molar-refractivity contribution in [1.29, 1.82) is 0 Å². The summed E-state index contributed by atoms with van der Waals surface area (Å²) in [4.78, 5) is 11.6. The number of anilines is 1. The summed E-state index contributed by atoms with van der Waals surface area (Å²) in [5, 5.41) is 3.28. The molecule has 0 aliphatic heterocycles. The Labute approximate surface area is 123 Å². The van der Waals surface area contributed by atoms with E-state index >= 15 is 0 Å². The first kappa shape index (κ1) is 15.2. The standard InChI is InChI=1S/C16H28N4/c1-4-17-15-11-13(2)18-16(19-15)12-20(3)14-9-7-5-6-8-10-14/h11,14H,4-10,12H2,1-3H3,(H,17,18,19). The lowest BCUT2D eigenvalue weighted by Gasteiger charge is -2.26. The van der Waals surface area contributed by atoms with E-state index in [0.717, 1.165) is 30.4 Å². The summed E-state index contributed by atoms with van der Waals surface area (Å²) in [7, 11) is 2.22. The van der Waals surface area contributed by atoms with Crippen molar-refractivity contribution in [3.05, 3.63) is 17.6 Å². The molecule has 0 atom stereocenters. The van der Waals surface area contributed by atoms with E-state index in [2.05, 4.69) is 34.2 Å². The topological polar surface area (TPSA) is 41.1 Å². The minimum absolute atomic E-state index is 0.698. The zero-order valence-electron chi connectivity index (χ0n) is 13.2. The molecule has 20 heavy (non-hydrogen) atoms. The lowest BCUT2D eigenvalue weighted by Crippen LogP contribution is -2.31. The molecule has 0 aromatic carbocycles. The molecule has 0 bridgehead atoms. The number of aromatic nitrogens is 2. The van der Waals surface area contributed by atoms with E-state index in [1.54, 1.807) is 0 Å². The van der Waals surface area contributed by atoms with Gasteiger partial charge in [0.05, 0.1) is 6.54 Å². The van der Waals surface area contributed by atoms with Gasteiger partial charge >= 0.3 is 0 Å². The SMILES string of the molecule is CCNc1cc(C)nc(CN(C)C2CCCCCC2)n1. The monoisotopic (exact) mass is 276 g/mol. The summed E-state index contributed by atoms with van der Waals surface area (Å²) in [5.41, 5.74) is 1.04. The van der Waals surface area contributed by atoms with Gasteiger partial charge in [-0.25, -0.2) is 9.97 Å². The van der Waals surface area contributed by atoms with Crippen molar-refractivity contribution >= 4 is 5.82 Å². The Kier molecular flexibility index (Phi) is 5.77. The van der Waals surface area contributed by atoms with E-state index in [1.807, 2.05) is 13.0 Å². The van der Waals surface area contributed by atoms with Crippen molar-refractivity contribution in [3.63, 3.8) is 0 Å². The summed E-state index contributed by atoms with van der Waals surface area (Å²) in [6, 6.07) is 2.71. The number of aryl methyl sites for hydroxylation is 1. The predicted octanol–water partition coefficient (Wildman–Crippen LogP) is 3.37. The van der Waals surface area contributed by atoms with E-state index in [4.69, 9.17) is 0 Å². The molecular formula is C16H28N4. The first-order valence-corrected chi connectivity index (χ1v) is 7.97. The number of nitrogens with one attached hydrogen (secondary N) is 1. The molecule has 1 aromatic heterocycles. The van der Waals surface area contributed by atoms with Crippen LogP contribution in [0, 0.1) is 6.92 Å². The van der Waals surface area contributed by atoms with Crippen LogP contribution in [0.25, 0.3) is 0 Å². The Morgan fingerprint density at radius 2 is 1.90 bits per heavy atom. The van der Waals surface area contributed by atoms with E-state index in [1.165, 1.54) is 38.5 Å². The molecule has 4 nitrogen and oxygen atoms in total. The van der Waals surface area contributed by atoms with Crippen LogP contribution < -0.4 is 5.32 Å². The van der Waals surface area contributed by atoms with Crippen LogP contribution in [0.2, 0.25) is 0 Å². The number of nitrogens with zero attached hydrogens (tertiary/aromatic N) is 3. The Morgan fingerprint density at radius 1 is 1.20 bits per heavy atom.